The SMILES string of the molecule is CC(C)(C)c1ccc(S(=O)(=O)NCCC(=O)NCc2ccccc2Cn2cccn2)cc1. The van der Waals surface area contributed by atoms with Crippen LogP contribution in [0.3, 0.4) is 0 Å². The molecule has 1 aromatic heterocycles. The molecule has 32 heavy (non-hydrogen) atoms. The zero-order chi connectivity index (χ0) is 23.2. The maximum atomic E-state index is 12.5. The van der Waals surface area contributed by atoms with Gasteiger partial charge in [0.1, 0.15) is 0 Å². The Kier molecular flexibility index (Phi) is 7.48. The lowest BCUT2D eigenvalue weighted by Gasteiger charge is -2.19. The van der Waals surface area contributed by atoms with E-state index >= 15 is 0 Å². The van der Waals surface area contributed by atoms with Crippen molar-refractivity contribution in [3.05, 3.63) is 83.7 Å². The fourth-order valence-corrected chi connectivity index (χ4v) is 4.28. The van der Waals surface area contributed by atoms with Crippen molar-refractivity contribution in [2.75, 3.05) is 6.54 Å². The van der Waals surface area contributed by atoms with Crippen LogP contribution in [-0.2, 0) is 33.3 Å². The molecule has 3 aromatic rings. The Morgan fingerprint density at radius 1 is 1.00 bits per heavy atom. The second-order valence-corrected chi connectivity index (χ2v) is 10.4. The molecule has 0 bridgehead atoms. The molecule has 0 aliphatic heterocycles. The van der Waals surface area contributed by atoms with Crippen LogP contribution in [0.1, 0.15) is 43.9 Å². The Balaban J connectivity index is 1.49. The van der Waals surface area contributed by atoms with Crippen LogP contribution >= 0.6 is 0 Å². The Bertz CT molecular complexity index is 1130. The summed E-state index contributed by atoms with van der Waals surface area (Å²) in [6, 6.07) is 16.5. The topological polar surface area (TPSA) is 93.1 Å². The first kappa shape index (κ1) is 23.7. The Morgan fingerprint density at radius 3 is 2.31 bits per heavy atom. The van der Waals surface area contributed by atoms with Crippen LogP contribution < -0.4 is 10.0 Å². The minimum absolute atomic E-state index is 0.0319. The largest absolute Gasteiger partial charge is 0.352 e. The summed E-state index contributed by atoms with van der Waals surface area (Å²) < 4.78 is 29.3. The van der Waals surface area contributed by atoms with Gasteiger partial charge in [0, 0.05) is 31.9 Å². The van der Waals surface area contributed by atoms with Crippen molar-refractivity contribution in [3.63, 3.8) is 0 Å². The Morgan fingerprint density at radius 2 is 1.69 bits per heavy atom. The molecular weight excluding hydrogens is 424 g/mol. The van der Waals surface area contributed by atoms with Gasteiger partial charge in [-0.05, 0) is 40.3 Å². The third-order valence-corrected chi connectivity index (χ3v) is 6.64. The Hall–Kier alpha value is -2.97. The van der Waals surface area contributed by atoms with Crippen LogP contribution in [0.5, 0.6) is 0 Å². The van der Waals surface area contributed by atoms with Crippen molar-refractivity contribution in [1.29, 1.82) is 0 Å². The molecule has 3 rings (SSSR count). The van der Waals surface area contributed by atoms with Gasteiger partial charge < -0.3 is 5.32 Å². The van der Waals surface area contributed by atoms with Gasteiger partial charge in [0.2, 0.25) is 15.9 Å². The molecule has 7 nitrogen and oxygen atoms in total. The van der Waals surface area contributed by atoms with Gasteiger partial charge in [0.15, 0.2) is 0 Å². The molecule has 2 aromatic carbocycles. The number of carbonyl (C=O) groups excluding carboxylic acids is 1. The molecular formula is C24H30N4O3S. The molecule has 0 atom stereocenters. The molecule has 1 amide bonds. The van der Waals surface area contributed by atoms with Crippen LogP contribution in [0, 0.1) is 0 Å². The Labute approximate surface area is 189 Å². The molecule has 1 heterocycles. The number of amides is 1. The predicted molar refractivity (Wildman–Crippen MR) is 125 cm³/mol. The zero-order valence-electron chi connectivity index (χ0n) is 18.7. The maximum absolute atomic E-state index is 12.5. The van der Waals surface area contributed by atoms with Crippen molar-refractivity contribution in [2.24, 2.45) is 0 Å². The standard InChI is InChI=1S/C24H30N4O3S/c1-24(2,3)21-9-11-22(12-10-21)32(30,31)27-15-13-23(29)25-17-19-7-4-5-8-20(19)18-28-16-6-14-26-28/h4-12,14,16,27H,13,15,17-18H2,1-3H3,(H,25,29). The molecule has 0 saturated carbocycles. The highest BCUT2D eigenvalue weighted by Gasteiger charge is 2.17. The number of benzene rings is 2. The fraction of sp³-hybridized carbons (Fsp3) is 0.333. The third kappa shape index (κ3) is 6.51. The molecule has 8 heteroatoms. The second-order valence-electron chi connectivity index (χ2n) is 8.67. The van der Waals surface area contributed by atoms with E-state index in [4.69, 9.17) is 0 Å². The number of rotatable bonds is 9. The summed E-state index contributed by atoms with van der Waals surface area (Å²) in [4.78, 5) is 12.5. The van der Waals surface area contributed by atoms with Crippen molar-refractivity contribution < 1.29 is 13.2 Å². The average molecular weight is 455 g/mol. The van der Waals surface area contributed by atoms with E-state index in [2.05, 4.69) is 35.9 Å². The van der Waals surface area contributed by atoms with Gasteiger partial charge in [0.25, 0.3) is 0 Å². The van der Waals surface area contributed by atoms with Gasteiger partial charge in [-0.2, -0.15) is 5.10 Å². The number of hydrogen-bond donors (Lipinski definition) is 2. The summed E-state index contributed by atoms with van der Waals surface area (Å²) in [5.74, 6) is -0.218. The summed E-state index contributed by atoms with van der Waals surface area (Å²) in [5, 5.41) is 7.08. The molecule has 0 unspecified atom stereocenters. The van der Waals surface area contributed by atoms with E-state index in [1.807, 2.05) is 53.3 Å². The number of carbonyl (C=O) groups is 1. The van der Waals surface area contributed by atoms with Gasteiger partial charge in [-0.3, -0.25) is 9.48 Å². The van der Waals surface area contributed by atoms with E-state index in [1.54, 1.807) is 18.3 Å². The van der Waals surface area contributed by atoms with Crippen molar-refractivity contribution in [1.82, 2.24) is 19.8 Å². The first-order valence-electron chi connectivity index (χ1n) is 10.6. The van der Waals surface area contributed by atoms with Gasteiger partial charge in [-0.1, -0.05) is 57.2 Å². The van der Waals surface area contributed by atoms with Crippen molar-refractivity contribution in [3.8, 4) is 0 Å². The van der Waals surface area contributed by atoms with Crippen molar-refractivity contribution in [2.45, 2.75) is 50.6 Å². The highest BCUT2D eigenvalue weighted by Crippen LogP contribution is 2.23. The predicted octanol–water partition coefficient (Wildman–Crippen LogP) is 3.21. The van der Waals surface area contributed by atoms with Crippen molar-refractivity contribution >= 4 is 15.9 Å². The van der Waals surface area contributed by atoms with Gasteiger partial charge >= 0.3 is 0 Å². The maximum Gasteiger partial charge on any atom is 0.240 e. The van der Waals surface area contributed by atoms with Gasteiger partial charge in [0.05, 0.1) is 11.4 Å². The second kappa shape index (κ2) is 10.1. The lowest BCUT2D eigenvalue weighted by Crippen LogP contribution is -2.30. The normalized spacial score (nSPS) is 12.0. The molecule has 0 aliphatic carbocycles. The van der Waals surface area contributed by atoms with E-state index in [-0.39, 0.29) is 29.2 Å². The number of nitrogens with zero attached hydrogens (tertiary/aromatic N) is 2. The smallest absolute Gasteiger partial charge is 0.240 e. The fourth-order valence-electron chi connectivity index (χ4n) is 3.25. The molecule has 0 fully saturated rings. The van der Waals surface area contributed by atoms with E-state index in [0.717, 1.165) is 16.7 Å². The third-order valence-electron chi connectivity index (χ3n) is 5.16. The molecule has 0 aliphatic rings. The van der Waals surface area contributed by atoms with E-state index in [9.17, 15) is 13.2 Å². The van der Waals surface area contributed by atoms with E-state index < -0.39 is 10.0 Å². The summed E-state index contributed by atoms with van der Waals surface area (Å²) in [6.07, 6.45) is 3.67. The van der Waals surface area contributed by atoms with Crippen LogP contribution in [-0.4, -0.2) is 30.7 Å². The minimum Gasteiger partial charge on any atom is -0.352 e. The molecule has 170 valence electrons. The van der Waals surface area contributed by atoms with Crippen LogP contribution in [0.15, 0.2) is 71.9 Å². The molecule has 0 spiro atoms. The average Bonchev–Trinajstić information content (AvgIpc) is 3.25. The minimum atomic E-state index is -3.66. The molecule has 0 saturated heterocycles. The van der Waals surface area contributed by atoms with Gasteiger partial charge in [-0.25, -0.2) is 13.1 Å². The first-order chi connectivity index (χ1) is 15.1. The molecule has 2 N–H and O–H groups in total. The monoisotopic (exact) mass is 454 g/mol. The summed E-state index contributed by atoms with van der Waals surface area (Å²) in [5.41, 5.74) is 3.07. The number of aromatic nitrogens is 2. The highest BCUT2D eigenvalue weighted by molar-refractivity contribution is 7.89. The van der Waals surface area contributed by atoms with Crippen LogP contribution in [0.2, 0.25) is 0 Å². The van der Waals surface area contributed by atoms with Gasteiger partial charge in [-0.15, -0.1) is 0 Å². The zero-order valence-corrected chi connectivity index (χ0v) is 19.5. The van der Waals surface area contributed by atoms with E-state index in [0.29, 0.717) is 13.1 Å². The number of sulfonamides is 1. The number of nitrogens with one attached hydrogen (secondary N) is 2. The lowest BCUT2D eigenvalue weighted by atomic mass is 9.87. The van der Waals surface area contributed by atoms with Crippen LogP contribution in [0.4, 0.5) is 0 Å². The summed E-state index contributed by atoms with van der Waals surface area (Å²) >= 11 is 0. The summed E-state index contributed by atoms with van der Waals surface area (Å²) in [6.45, 7) is 7.24. The quantitative estimate of drug-likeness (QED) is 0.519. The molecule has 0 radical (unpaired) electrons. The first-order valence-corrected chi connectivity index (χ1v) is 12.0. The van der Waals surface area contributed by atoms with Crippen LogP contribution in [0.25, 0.3) is 0 Å². The van der Waals surface area contributed by atoms with E-state index in [1.165, 1.54) is 0 Å². The summed E-state index contributed by atoms with van der Waals surface area (Å²) in [7, 11) is -3.66. The number of hydrogen-bond acceptors (Lipinski definition) is 4. The highest BCUT2D eigenvalue weighted by atomic mass is 32.2. The lowest BCUT2D eigenvalue weighted by molar-refractivity contribution is -0.121.